The molecule has 0 saturated heterocycles. The van der Waals surface area contributed by atoms with E-state index in [0.717, 1.165) is 11.0 Å². The maximum Gasteiger partial charge on any atom is 2.00 e. The molecule has 1 heterocycles. The molecule has 5 rings (SSSR count). The van der Waals surface area contributed by atoms with Gasteiger partial charge in [-0.1, -0.05) is 40.2 Å². The molecule has 2 aromatic carbocycles. The average Bonchev–Trinajstić information content (AvgIpc) is 3.54. The van der Waals surface area contributed by atoms with E-state index in [0.29, 0.717) is 0 Å². The number of halogens is 2. The third-order valence-electron chi connectivity index (χ3n) is 5.08. The third-order valence-corrected chi connectivity index (χ3v) is 5.61. The summed E-state index contributed by atoms with van der Waals surface area (Å²) in [6, 6.07) is 16.9. The van der Waals surface area contributed by atoms with Crippen LogP contribution in [0.25, 0.3) is 23.2 Å². The molecule has 0 amide bonds. The van der Waals surface area contributed by atoms with E-state index < -0.39 is 0 Å². The summed E-state index contributed by atoms with van der Waals surface area (Å²) < 4.78 is 5.73. The number of nitrogens with zero attached hydrogens (tertiary/aromatic N) is 2. The topological polar surface area (TPSA) is 8.81 Å². The molecule has 0 N–H and O–H groups in total. The molecule has 2 fully saturated rings. The Balaban J connectivity index is 0.000000460. The first kappa shape index (κ1) is 27.6. The summed E-state index contributed by atoms with van der Waals surface area (Å²) in [6.45, 7) is 0.869. The predicted octanol–water partition coefficient (Wildman–Crippen LogP) is 2.83. The van der Waals surface area contributed by atoms with Gasteiger partial charge in [-0.3, -0.25) is 0 Å². The van der Waals surface area contributed by atoms with E-state index in [1.807, 2.05) is 32.1 Å². The first-order valence-corrected chi connectivity index (χ1v) is 10.8. The van der Waals surface area contributed by atoms with Gasteiger partial charge in [0.15, 0.2) is 11.0 Å². The summed E-state index contributed by atoms with van der Waals surface area (Å²) in [7, 11) is 2.13. The largest absolute Gasteiger partial charge is 2.00 e. The SMILES string of the molecule is C[n+]1c(/C=C/c2ccc(Br)cc2)n(C[C]2[CH][CH][CH][CH]2)c2ccccc21.[CH]1[CH][CH][CH][CH]1.[Fe+2].[I-]. The van der Waals surface area contributed by atoms with Crippen molar-refractivity contribution in [3.8, 4) is 0 Å². The van der Waals surface area contributed by atoms with E-state index in [1.165, 1.54) is 28.3 Å². The summed E-state index contributed by atoms with van der Waals surface area (Å²) in [5.41, 5.74) is 3.68. The summed E-state index contributed by atoms with van der Waals surface area (Å²) in [4.78, 5) is 0. The van der Waals surface area contributed by atoms with Gasteiger partial charge in [0.25, 0.3) is 5.82 Å². The molecule has 0 aliphatic heterocycles. The number of rotatable bonds is 4. The summed E-state index contributed by atoms with van der Waals surface area (Å²) in [6.07, 6.45) is 22.9. The number of fused-ring (bicyclic) bond motifs is 1. The summed E-state index contributed by atoms with van der Waals surface area (Å²) >= 11 is 3.49. The van der Waals surface area contributed by atoms with Crippen LogP contribution in [0.1, 0.15) is 11.4 Å². The minimum absolute atomic E-state index is 0. The van der Waals surface area contributed by atoms with Crippen molar-refractivity contribution in [2.24, 2.45) is 7.05 Å². The fraction of sp³-hybridized carbons (Fsp3) is 0.0741. The Morgan fingerprint density at radius 2 is 1.41 bits per heavy atom. The van der Waals surface area contributed by atoms with Crippen LogP contribution in [0.2, 0.25) is 0 Å². The third kappa shape index (κ3) is 7.19. The molecule has 0 unspecified atom stereocenters. The Bertz CT molecular complexity index is 979. The van der Waals surface area contributed by atoms with Crippen LogP contribution >= 0.6 is 15.9 Å². The van der Waals surface area contributed by atoms with Crippen LogP contribution in [0, 0.1) is 63.7 Å². The van der Waals surface area contributed by atoms with Gasteiger partial charge in [-0.15, -0.1) is 0 Å². The second kappa shape index (κ2) is 13.9. The maximum atomic E-state index is 3.49. The quantitative estimate of drug-likeness (QED) is 0.236. The van der Waals surface area contributed by atoms with Crippen molar-refractivity contribution in [1.82, 2.24) is 4.57 Å². The zero-order valence-corrected chi connectivity index (χ0v) is 22.5. The molecule has 2 saturated carbocycles. The second-order valence-electron chi connectivity index (χ2n) is 7.13. The molecule has 0 spiro atoms. The minimum Gasteiger partial charge on any atom is -1.00 e. The van der Waals surface area contributed by atoms with Crippen molar-refractivity contribution in [2.45, 2.75) is 6.54 Å². The van der Waals surface area contributed by atoms with Gasteiger partial charge in [-0.25, -0.2) is 9.13 Å². The van der Waals surface area contributed by atoms with Crippen molar-refractivity contribution >= 4 is 39.1 Å². The number of hydrogen-bond donors (Lipinski definition) is 0. The van der Waals surface area contributed by atoms with Gasteiger partial charge in [0.2, 0.25) is 0 Å². The van der Waals surface area contributed by atoms with Gasteiger partial charge in [0, 0.05) is 16.5 Å². The van der Waals surface area contributed by atoms with Gasteiger partial charge in [-0.2, -0.15) is 0 Å². The van der Waals surface area contributed by atoms with E-state index >= 15 is 0 Å². The molecule has 2 aliphatic carbocycles. The van der Waals surface area contributed by atoms with Crippen molar-refractivity contribution in [1.29, 1.82) is 0 Å². The predicted molar refractivity (Wildman–Crippen MR) is 128 cm³/mol. The van der Waals surface area contributed by atoms with Crippen LogP contribution in [-0.2, 0) is 30.7 Å². The molecule has 2 aliphatic rings. The van der Waals surface area contributed by atoms with Crippen LogP contribution < -0.4 is 28.5 Å². The molecule has 162 valence electrons. The van der Waals surface area contributed by atoms with E-state index in [4.69, 9.17) is 0 Å². The number of benzene rings is 2. The molecular formula is C27H24BrFeIN2+2. The molecule has 32 heavy (non-hydrogen) atoms. The van der Waals surface area contributed by atoms with Crippen LogP contribution in [0.15, 0.2) is 53.0 Å². The van der Waals surface area contributed by atoms with E-state index in [-0.39, 0.29) is 41.0 Å². The number of imidazole rings is 1. The Morgan fingerprint density at radius 3 is 2.03 bits per heavy atom. The van der Waals surface area contributed by atoms with Gasteiger partial charge < -0.3 is 24.0 Å². The van der Waals surface area contributed by atoms with E-state index in [2.05, 4.69) is 118 Å². The fourth-order valence-electron chi connectivity index (χ4n) is 3.54. The van der Waals surface area contributed by atoms with Gasteiger partial charge in [0.05, 0.1) is 13.6 Å². The van der Waals surface area contributed by atoms with Gasteiger partial charge >= 0.3 is 17.1 Å². The molecular weight excluding hydrogens is 615 g/mol. The average molecular weight is 639 g/mol. The molecule has 2 nitrogen and oxygen atoms in total. The number of para-hydroxylation sites is 2. The standard InChI is InChI=1S/C22H19BrN2.C5H5.Fe.HI/c1-24-20-8-4-5-9-21(20)25(16-18-6-2-3-7-18)22(24)15-12-17-10-13-19(23)14-11-17;1-2-4-5-3-1;;/h2-15H,16H2,1H3;1-5H;;1H/q+1;;+2;/p-1/b15-12+;;;. The summed E-state index contributed by atoms with van der Waals surface area (Å²) in [5, 5.41) is 0. The molecule has 10 radical (unpaired) electrons. The van der Waals surface area contributed by atoms with Crippen LogP contribution in [-0.4, -0.2) is 4.57 Å². The maximum absolute atomic E-state index is 3.49. The Kier molecular flexibility index (Phi) is 12.0. The second-order valence-corrected chi connectivity index (χ2v) is 8.05. The zero-order chi connectivity index (χ0) is 20.8. The van der Waals surface area contributed by atoms with Crippen molar-refractivity contribution < 1.29 is 45.6 Å². The number of aromatic nitrogens is 2. The van der Waals surface area contributed by atoms with Crippen molar-refractivity contribution in [2.75, 3.05) is 0 Å². The van der Waals surface area contributed by atoms with Crippen LogP contribution in [0.5, 0.6) is 0 Å². The summed E-state index contributed by atoms with van der Waals surface area (Å²) in [5.74, 6) is 2.50. The Hall–Kier alpha value is -0.621. The molecule has 5 heteroatoms. The van der Waals surface area contributed by atoms with Gasteiger partial charge in [-0.05, 0) is 93.7 Å². The molecule has 1 aromatic heterocycles. The number of aryl methyl sites for hydroxylation is 1. The zero-order valence-electron chi connectivity index (χ0n) is 17.7. The molecule has 0 atom stereocenters. The first-order chi connectivity index (χ1) is 14.7. The Morgan fingerprint density at radius 1 is 0.812 bits per heavy atom. The van der Waals surface area contributed by atoms with Gasteiger partial charge in [0.1, 0.15) is 0 Å². The number of hydrogen-bond acceptors (Lipinski definition) is 0. The fourth-order valence-corrected chi connectivity index (χ4v) is 3.80. The first-order valence-electron chi connectivity index (χ1n) is 10.0. The van der Waals surface area contributed by atoms with E-state index in [1.54, 1.807) is 0 Å². The molecule has 3 aromatic rings. The van der Waals surface area contributed by atoms with Crippen LogP contribution in [0.3, 0.4) is 0 Å². The van der Waals surface area contributed by atoms with E-state index in [9.17, 15) is 0 Å². The smallest absolute Gasteiger partial charge is 1.00 e. The molecule has 0 bridgehead atoms. The normalized spacial score (nSPS) is 15.9. The van der Waals surface area contributed by atoms with Crippen molar-refractivity contribution in [3.05, 3.63) is 128 Å². The minimum atomic E-state index is 0. The monoisotopic (exact) mass is 638 g/mol. The Labute approximate surface area is 229 Å². The van der Waals surface area contributed by atoms with Crippen LogP contribution in [0.4, 0.5) is 0 Å². The van der Waals surface area contributed by atoms with Crippen molar-refractivity contribution in [3.63, 3.8) is 0 Å².